The topological polar surface area (TPSA) is 49.4 Å². The van der Waals surface area contributed by atoms with Crippen molar-refractivity contribution in [2.45, 2.75) is 6.92 Å². The van der Waals surface area contributed by atoms with Crippen LogP contribution < -0.4 is 10.2 Å². The van der Waals surface area contributed by atoms with Gasteiger partial charge in [0.15, 0.2) is 0 Å². The summed E-state index contributed by atoms with van der Waals surface area (Å²) >= 11 is 1.30. The normalized spacial score (nSPS) is 10.1. The van der Waals surface area contributed by atoms with Crippen molar-refractivity contribution in [1.29, 1.82) is 0 Å². The molecular weight excluding hydrogens is 332 g/mol. The van der Waals surface area contributed by atoms with Crippen LogP contribution in [0.1, 0.15) is 5.56 Å². The minimum atomic E-state index is -0.114. The van der Waals surface area contributed by atoms with Crippen LogP contribution in [0.3, 0.4) is 0 Å². The van der Waals surface area contributed by atoms with Crippen molar-refractivity contribution in [1.82, 2.24) is 0 Å². The molecule has 0 atom stereocenters. The molecule has 0 radical (unpaired) electrons. The zero-order valence-corrected chi connectivity index (χ0v) is 15.1. The predicted molar refractivity (Wildman–Crippen MR) is 106 cm³/mol. The van der Waals surface area contributed by atoms with Crippen LogP contribution in [0, 0.1) is 6.92 Å². The second kappa shape index (κ2) is 9.69. The molecule has 0 aliphatic rings. The van der Waals surface area contributed by atoms with E-state index >= 15 is 0 Å². The Morgan fingerprint density at radius 1 is 1.08 bits per heavy atom. The van der Waals surface area contributed by atoms with Gasteiger partial charge in [0, 0.05) is 17.9 Å². The van der Waals surface area contributed by atoms with Gasteiger partial charge >= 0.3 is 0 Å². The molecule has 0 heterocycles. The third-order valence-corrected chi connectivity index (χ3v) is 4.39. The van der Waals surface area contributed by atoms with Gasteiger partial charge < -0.3 is 10.2 Å². The molecule has 130 valence electrons. The highest BCUT2D eigenvalue weighted by Crippen LogP contribution is 2.15. The van der Waals surface area contributed by atoms with Gasteiger partial charge in [0.05, 0.1) is 11.5 Å². The average Bonchev–Trinajstić information content (AvgIpc) is 2.62. The summed E-state index contributed by atoms with van der Waals surface area (Å²) in [4.78, 5) is 26.1. The number of thioether (sulfide) groups is 1. The summed E-state index contributed by atoms with van der Waals surface area (Å²) in [5.74, 6) is 0.316. The Bertz CT molecular complexity index is 714. The first-order chi connectivity index (χ1) is 12.1. The zero-order chi connectivity index (χ0) is 18.1. The Labute approximate surface area is 152 Å². The molecule has 0 saturated carbocycles. The van der Waals surface area contributed by atoms with E-state index in [1.807, 2.05) is 61.5 Å². The second-order valence-electron chi connectivity index (χ2n) is 5.54. The average molecular weight is 354 g/mol. The Morgan fingerprint density at radius 3 is 2.40 bits per heavy atom. The number of carbonyl (C=O) groups is 2. The number of anilines is 2. The third-order valence-electron chi connectivity index (χ3n) is 3.47. The molecule has 0 saturated heterocycles. The highest BCUT2D eigenvalue weighted by Gasteiger charge is 2.14. The fourth-order valence-electron chi connectivity index (χ4n) is 2.23. The number of para-hydroxylation sites is 1. The standard InChI is InChI=1S/C20H22N2O2S/c1-3-13-22(18-7-5-4-6-8-18)20(24)15-25-14-19(23)21-17-11-9-16(2)10-12-17/h3-12H,1,13-15H2,2H3,(H,21,23). The SMILES string of the molecule is C=CCN(C(=O)CSCC(=O)Nc1ccc(C)cc1)c1ccccc1. The van der Waals surface area contributed by atoms with Crippen molar-refractivity contribution >= 4 is 35.0 Å². The highest BCUT2D eigenvalue weighted by molar-refractivity contribution is 8.00. The lowest BCUT2D eigenvalue weighted by molar-refractivity contribution is -0.116. The fraction of sp³-hybridized carbons (Fsp3) is 0.200. The molecule has 0 unspecified atom stereocenters. The van der Waals surface area contributed by atoms with Crippen molar-refractivity contribution in [3.05, 3.63) is 72.8 Å². The minimum Gasteiger partial charge on any atom is -0.325 e. The summed E-state index contributed by atoms with van der Waals surface area (Å²) in [6.07, 6.45) is 1.69. The third kappa shape index (κ3) is 6.12. The van der Waals surface area contributed by atoms with Crippen molar-refractivity contribution in [2.75, 3.05) is 28.3 Å². The molecule has 2 aromatic carbocycles. The molecule has 0 bridgehead atoms. The Morgan fingerprint density at radius 2 is 1.76 bits per heavy atom. The molecule has 2 aromatic rings. The number of hydrogen-bond acceptors (Lipinski definition) is 3. The van der Waals surface area contributed by atoms with Crippen molar-refractivity contribution in [3.63, 3.8) is 0 Å². The first-order valence-electron chi connectivity index (χ1n) is 8.00. The highest BCUT2D eigenvalue weighted by atomic mass is 32.2. The quantitative estimate of drug-likeness (QED) is 0.732. The second-order valence-corrected chi connectivity index (χ2v) is 6.52. The predicted octanol–water partition coefficient (Wildman–Crippen LogP) is 3.89. The van der Waals surface area contributed by atoms with E-state index in [-0.39, 0.29) is 23.3 Å². The van der Waals surface area contributed by atoms with Gasteiger partial charge in [-0.2, -0.15) is 0 Å². The van der Waals surface area contributed by atoms with E-state index in [1.54, 1.807) is 11.0 Å². The van der Waals surface area contributed by atoms with Gasteiger partial charge in [0.2, 0.25) is 11.8 Å². The summed E-state index contributed by atoms with van der Waals surface area (Å²) in [6.45, 7) is 6.14. The van der Waals surface area contributed by atoms with E-state index in [9.17, 15) is 9.59 Å². The molecule has 0 aliphatic carbocycles. The van der Waals surface area contributed by atoms with Crippen LogP contribution in [0.5, 0.6) is 0 Å². The summed E-state index contributed by atoms with van der Waals surface area (Å²) in [7, 11) is 0. The number of aryl methyl sites for hydroxylation is 1. The largest absolute Gasteiger partial charge is 0.325 e. The van der Waals surface area contributed by atoms with Crippen LogP contribution >= 0.6 is 11.8 Å². The minimum absolute atomic E-state index is 0.0424. The maximum absolute atomic E-state index is 12.4. The Kier molecular flexibility index (Phi) is 7.29. The molecule has 0 spiro atoms. The number of hydrogen-bond donors (Lipinski definition) is 1. The zero-order valence-electron chi connectivity index (χ0n) is 14.3. The van der Waals surface area contributed by atoms with Crippen LogP contribution in [-0.4, -0.2) is 29.9 Å². The fourth-order valence-corrected chi connectivity index (χ4v) is 2.92. The number of carbonyl (C=O) groups excluding carboxylic acids is 2. The van der Waals surface area contributed by atoms with Crippen molar-refractivity contribution in [3.8, 4) is 0 Å². The number of amides is 2. The molecule has 0 aromatic heterocycles. The molecule has 0 aliphatic heterocycles. The van der Waals surface area contributed by atoms with Crippen LogP contribution in [0.4, 0.5) is 11.4 Å². The summed E-state index contributed by atoms with van der Waals surface area (Å²) in [6, 6.07) is 17.1. The van der Waals surface area contributed by atoms with E-state index in [4.69, 9.17) is 0 Å². The van der Waals surface area contributed by atoms with Gasteiger partial charge in [-0.05, 0) is 31.2 Å². The maximum Gasteiger partial charge on any atom is 0.237 e. The van der Waals surface area contributed by atoms with Gasteiger partial charge in [0.25, 0.3) is 0 Å². The van der Waals surface area contributed by atoms with Gasteiger partial charge in [-0.3, -0.25) is 9.59 Å². The first kappa shape index (κ1) is 18.8. The van der Waals surface area contributed by atoms with Gasteiger partial charge in [-0.1, -0.05) is 42.0 Å². The number of nitrogens with one attached hydrogen (secondary N) is 1. The van der Waals surface area contributed by atoms with Crippen LogP contribution in [0.25, 0.3) is 0 Å². The lowest BCUT2D eigenvalue weighted by atomic mass is 10.2. The van der Waals surface area contributed by atoms with E-state index in [1.165, 1.54) is 11.8 Å². The van der Waals surface area contributed by atoms with E-state index < -0.39 is 0 Å². The maximum atomic E-state index is 12.4. The summed E-state index contributed by atoms with van der Waals surface area (Å²) in [5.41, 5.74) is 2.73. The number of benzene rings is 2. The molecular formula is C20H22N2O2S. The lowest BCUT2D eigenvalue weighted by Gasteiger charge is -2.21. The molecule has 1 N–H and O–H groups in total. The molecule has 4 nitrogen and oxygen atoms in total. The van der Waals surface area contributed by atoms with Crippen LogP contribution in [-0.2, 0) is 9.59 Å². The monoisotopic (exact) mass is 354 g/mol. The van der Waals surface area contributed by atoms with E-state index in [0.717, 1.165) is 16.9 Å². The smallest absolute Gasteiger partial charge is 0.237 e. The Hall–Kier alpha value is -2.53. The van der Waals surface area contributed by atoms with E-state index in [0.29, 0.717) is 6.54 Å². The molecule has 25 heavy (non-hydrogen) atoms. The molecule has 2 rings (SSSR count). The molecule has 0 fully saturated rings. The Balaban J connectivity index is 1.82. The number of rotatable bonds is 8. The molecule has 2 amide bonds. The van der Waals surface area contributed by atoms with Gasteiger partial charge in [-0.15, -0.1) is 18.3 Å². The van der Waals surface area contributed by atoms with E-state index in [2.05, 4.69) is 11.9 Å². The lowest BCUT2D eigenvalue weighted by Crippen LogP contribution is -2.32. The van der Waals surface area contributed by atoms with Crippen LogP contribution in [0.15, 0.2) is 67.3 Å². The number of nitrogens with zero attached hydrogens (tertiary/aromatic N) is 1. The van der Waals surface area contributed by atoms with Gasteiger partial charge in [-0.25, -0.2) is 0 Å². The molecule has 5 heteroatoms. The van der Waals surface area contributed by atoms with Gasteiger partial charge in [0.1, 0.15) is 0 Å². The first-order valence-corrected chi connectivity index (χ1v) is 9.16. The van der Waals surface area contributed by atoms with Crippen LogP contribution in [0.2, 0.25) is 0 Å². The van der Waals surface area contributed by atoms with Crippen molar-refractivity contribution < 1.29 is 9.59 Å². The van der Waals surface area contributed by atoms with Crippen molar-refractivity contribution in [2.24, 2.45) is 0 Å². The summed E-state index contributed by atoms with van der Waals surface area (Å²) < 4.78 is 0. The summed E-state index contributed by atoms with van der Waals surface area (Å²) in [5, 5.41) is 2.83.